The van der Waals surface area contributed by atoms with Crippen LogP contribution in [0.2, 0.25) is 0 Å². The van der Waals surface area contributed by atoms with Crippen LogP contribution in [0.1, 0.15) is 23.2 Å². The lowest BCUT2D eigenvalue weighted by atomic mass is 9.94. The summed E-state index contributed by atoms with van der Waals surface area (Å²) in [5, 5.41) is 3.45. The monoisotopic (exact) mass is 326 g/mol. The molecule has 1 aromatic carbocycles. The molecule has 0 saturated carbocycles. The second kappa shape index (κ2) is 5.21. The quantitative estimate of drug-likeness (QED) is 0.859. The maximum absolute atomic E-state index is 14.0. The van der Waals surface area contributed by atoms with Crippen molar-refractivity contribution in [1.29, 1.82) is 0 Å². The van der Waals surface area contributed by atoms with E-state index in [9.17, 15) is 9.18 Å². The Bertz CT molecular complexity index is 494. The number of nitrogens with zero attached hydrogens (tertiary/aromatic N) is 1. The molecule has 0 aromatic heterocycles. The van der Waals surface area contributed by atoms with Gasteiger partial charge in [0.2, 0.25) is 0 Å². The van der Waals surface area contributed by atoms with Gasteiger partial charge in [-0.05, 0) is 53.4 Å². The Balaban J connectivity index is 1.79. The SMILES string of the molecule is O=C(c1cccc(Br)c1F)N1C[C@@H]2CCCN[C@@H]2C1. The molecule has 0 unspecified atom stereocenters. The Kier molecular flexibility index (Phi) is 3.58. The Morgan fingerprint density at radius 3 is 3.05 bits per heavy atom. The third-order valence-electron chi connectivity index (χ3n) is 4.07. The van der Waals surface area contributed by atoms with Crippen LogP contribution in [-0.2, 0) is 0 Å². The van der Waals surface area contributed by atoms with Crippen LogP contribution in [0.15, 0.2) is 22.7 Å². The molecule has 1 aromatic rings. The smallest absolute Gasteiger partial charge is 0.256 e. The van der Waals surface area contributed by atoms with Crippen LogP contribution in [0.4, 0.5) is 4.39 Å². The van der Waals surface area contributed by atoms with Crippen LogP contribution >= 0.6 is 15.9 Å². The van der Waals surface area contributed by atoms with Gasteiger partial charge in [-0.15, -0.1) is 0 Å². The average molecular weight is 327 g/mol. The van der Waals surface area contributed by atoms with Crippen LogP contribution in [0.3, 0.4) is 0 Å². The number of nitrogens with one attached hydrogen (secondary N) is 1. The van der Waals surface area contributed by atoms with Crippen LogP contribution in [0, 0.1) is 11.7 Å². The Labute approximate surface area is 120 Å². The summed E-state index contributed by atoms with van der Waals surface area (Å²) in [5.74, 6) is -0.141. The van der Waals surface area contributed by atoms with E-state index in [-0.39, 0.29) is 11.5 Å². The topological polar surface area (TPSA) is 32.3 Å². The van der Waals surface area contributed by atoms with Crippen molar-refractivity contribution in [2.24, 2.45) is 5.92 Å². The van der Waals surface area contributed by atoms with Gasteiger partial charge in [0.1, 0.15) is 5.82 Å². The van der Waals surface area contributed by atoms with E-state index in [1.807, 2.05) is 0 Å². The highest BCUT2D eigenvalue weighted by atomic mass is 79.9. The summed E-state index contributed by atoms with van der Waals surface area (Å²) < 4.78 is 14.3. The highest BCUT2D eigenvalue weighted by Gasteiger charge is 2.37. The fraction of sp³-hybridized carbons (Fsp3) is 0.500. The molecule has 2 heterocycles. The lowest BCUT2D eigenvalue weighted by Gasteiger charge is -2.24. The van der Waals surface area contributed by atoms with E-state index < -0.39 is 5.82 Å². The predicted octanol–water partition coefficient (Wildman–Crippen LogP) is 2.41. The number of fused-ring (bicyclic) bond motifs is 1. The van der Waals surface area contributed by atoms with Crippen LogP contribution in [0.25, 0.3) is 0 Å². The van der Waals surface area contributed by atoms with Gasteiger partial charge in [-0.25, -0.2) is 4.39 Å². The molecule has 3 nitrogen and oxygen atoms in total. The van der Waals surface area contributed by atoms with Crippen molar-refractivity contribution in [2.75, 3.05) is 19.6 Å². The largest absolute Gasteiger partial charge is 0.337 e. The van der Waals surface area contributed by atoms with Gasteiger partial charge in [0.25, 0.3) is 5.91 Å². The first kappa shape index (κ1) is 13.1. The van der Waals surface area contributed by atoms with Crippen molar-refractivity contribution in [3.8, 4) is 0 Å². The summed E-state index contributed by atoms with van der Waals surface area (Å²) in [6.07, 6.45) is 2.32. The van der Waals surface area contributed by atoms with E-state index >= 15 is 0 Å². The molecule has 2 saturated heterocycles. The first-order valence-electron chi connectivity index (χ1n) is 6.63. The van der Waals surface area contributed by atoms with Gasteiger partial charge < -0.3 is 10.2 Å². The van der Waals surface area contributed by atoms with Gasteiger partial charge in [0, 0.05) is 19.1 Å². The minimum Gasteiger partial charge on any atom is -0.337 e. The van der Waals surface area contributed by atoms with Gasteiger partial charge in [-0.2, -0.15) is 0 Å². The molecular formula is C14H16BrFN2O. The van der Waals surface area contributed by atoms with E-state index in [1.54, 1.807) is 23.1 Å². The summed E-state index contributed by atoms with van der Waals surface area (Å²) in [7, 11) is 0. The molecule has 2 aliphatic heterocycles. The molecule has 0 aliphatic carbocycles. The van der Waals surface area contributed by atoms with E-state index in [1.165, 1.54) is 0 Å². The average Bonchev–Trinajstić information content (AvgIpc) is 2.85. The number of amides is 1. The van der Waals surface area contributed by atoms with Crippen molar-refractivity contribution in [3.05, 3.63) is 34.1 Å². The number of carbonyl (C=O) groups excluding carboxylic acids is 1. The molecule has 0 spiro atoms. The number of halogens is 2. The molecule has 1 amide bonds. The highest BCUT2D eigenvalue weighted by Crippen LogP contribution is 2.27. The molecule has 0 bridgehead atoms. The van der Waals surface area contributed by atoms with Gasteiger partial charge in [0.05, 0.1) is 10.0 Å². The van der Waals surface area contributed by atoms with Gasteiger partial charge in [-0.3, -0.25) is 4.79 Å². The second-order valence-corrected chi connectivity index (χ2v) is 6.13. The summed E-state index contributed by atoms with van der Waals surface area (Å²) in [4.78, 5) is 14.2. The lowest BCUT2D eigenvalue weighted by Crippen LogP contribution is -2.41. The van der Waals surface area contributed by atoms with Crippen molar-refractivity contribution in [1.82, 2.24) is 10.2 Å². The predicted molar refractivity (Wildman–Crippen MR) is 74.5 cm³/mol. The number of piperidine rings is 1. The molecule has 2 atom stereocenters. The number of carbonyl (C=O) groups is 1. The zero-order valence-electron chi connectivity index (χ0n) is 10.5. The summed E-state index contributed by atoms with van der Waals surface area (Å²) in [6, 6.07) is 5.24. The minimum atomic E-state index is -0.463. The fourth-order valence-electron chi connectivity index (χ4n) is 3.05. The number of hydrogen-bond donors (Lipinski definition) is 1. The lowest BCUT2D eigenvalue weighted by molar-refractivity contribution is 0.0781. The molecule has 102 valence electrons. The zero-order valence-corrected chi connectivity index (χ0v) is 12.1. The van der Waals surface area contributed by atoms with E-state index in [4.69, 9.17) is 0 Å². The first-order valence-corrected chi connectivity index (χ1v) is 7.43. The first-order chi connectivity index (χ1) is 9.16. The van der Waals surface area contributed by atoms with E-state index in [2.05, 4.69) is 21.2 Å². The van der Waals surface area contributed by atoms with E-state index in [0.29, 0.717) is 23.0 Å². The summed E-state index contributed by atoms with van der Waals surface area (Å²) in [5.41, 5.74) is 0.160. The summed E-state index contributed by atoms with van der Waals surface area (Å²) in [6.45, 7) is 2.45. The van der Waals surface area contributed by atoms with Gasteiger partial charge >= 0.3 is 0 Å². The highest BCUT2D eigenvalue weighted by molar-refractivity contribution is 9.10. The molecular weight excluding hydrogens is 311 g/mol. The third-order valence-corrected chi connectivity index (χ3v) is 4.68. The minimum absolute atomic E-state index is 0.160. The molecule has 1 N–H and O–H groups in total. The van der Waals surface area contributed by atoms with Crippen molar-refractivity contribution < 1.29 is 9.18 Å². The maximum Gasteiger partial charge on any atom is 0.256 e. The van der Waals surface area contributed by atoms with Crippen LogP contribution in [-0.4, -0.2) is 36.5 Å². The number of likely N-dealkylation sites (tertiary alicyclic amines) is 1. The second-order valence-electron chi connectivity index (χ2n) is 5.27. The van der Waals surface area contributed by atoms with Gasteiger partial charge in [0.15, 0.2) is 0 Å². The zero-order chi connectivity index (χ0) is 13.4. The number of rotatable bonds is 1. The Morgan fingerprint density at radius 2 is 2.26 bits per heavy atom. The molecule has 0 radical (unpaired) electrons. The maximum atomic E-state index is 14.0. The standard InChI is InChI=1S/C14H16BrFN2O/c15-11-5-1-4-10(13(11)16)14(19)18-7-9-3-2-6-17-12(9)8-18/h1,4-5,9,12,17H,2-3,6-8H2/t9-,12+/m0/s1. The fourth-order valence-corrected chi connectivity index (χ4v) is 3.42. The normalized spacial score (nSPS) is 26.3. The summed E-state index contributed by atoms with van der Waals surface area (Å²) >= 11 is 3.13. The molecule has 3 rings (SSSR count). The molecule has 19 heavy (non-hydrogen) atoms. The van der Waals surface area contributed by atoms with Crippen LogP contribution < -0.4 is 5.32 Å². The van der Waals surface area contributed by atoms with Crippen molar-refractivity contribution in [3.63, 3.8) is 0 Å². The third kappa shape index (κ3) is 2.41. The molecule has 2 fully saturated rings. The number of hydrogen-bond acceptors (Lipinski definition) is 2. The number of benzene rings is 1. The Morgan fingerprint density at radius 1 is 1.42 bits per heavy atom. The van der Waals surface area contributed by atoms with Crippen molar-refractivity contribution in [2.45, 2.75) is 18.9 Å². The molecule has 5 heteroatoms. The van der Waals surface area contributed by atoms with E-state index in [0.717, 1.165) is 25.9 Å². The van der Waals surface area contributed by atoms with Crippen molar-refractivity contribution >= 4 is 21.8 Å². The molecule has 2 aliphatic rings. The van der Waals surface area contributed by atoms with Crippen LogP contribution in [0.5, 0.6) is 0 Å². The Hall–Kier alpha value is -0.940. The van der Waals surface area contributed by atoms with Gasteiger partial charge in [-0.1, -0.05) is 6.07 Å².